The number of sulfonamides is 1. The molecule has 0 aromatic heterocycles. The van der Waals surface area contributed by atoms with Crippen molar-refractivity contribution in [2.24, 2.45) is 11.3 Å². The van der Waals surface area contributed by atoms with Gasteiger partial charge in [0.25, 0.3) is 0 Å². The Kier molecular flexibility index (Phi) is 8.55. The lowest BCUT2D eigenvalue weighted by Crippen LogP contribution is -2.42. The summed E-state index contributed by atoms with van der Waals surface area (Å²) < 4.78 is 118. The summed E-state index contributed by atoms with van der Waals surface area (Å²) in [6.07, 6.45) is -5.19. The van der Waals surface area contributed by atoms with Crippen molar-refractivity contribution in [2.45, 2.75) is 69.0 Å². The minimum atomic E-state index is -5.01. The van der Waals surface area contributed by atoms with E-state index in [1.807, 2.05) is 0 Å². The summed E-state index contributed by atoms with van der Waals surface area (Å²) in [5.74, 6) is -5.84. The van der Waals surface area contributed by atoms with Gasteiger partial charge >= 0.3 is 12.1 Å². The van der Waals surface area contributed by atoms with Gasteiger partial charge in [-0.05, 0) is 69.4 Å². The van der Waals surface area contributed by atoms with Crippen LogP contribution in [0, 0.1) is 17.2 Å². The van der Waals surface area contributed by atoms with Gasteiger partial charge in [-0.2, -0.15) is 17.5 Å². The van der Waals surface area contributed by atoms with Gasteiger partial charge in [0.2, 0.25) is 15.9 Å². The lowest BCUT2D eigenvalue weighted by Gasteiger charge is -2.34. The second kappa shape index (κ2) is 11.3. The number of carbonyl (C=O) groups is 1. The number of ether oxygens (including phenoxy) is 1. The normalized spacial score (nSPS) is 21.5. The maximum atomic E-state index is 14.3. The molecule has 2 aliphatic rings. The number of carboxylic acid groups (broad SMARTS) is 1. The van der Waals surface area contributed by atoms with Crippen molar-refractivity contribution in [3.8, 4) is 5.75 Å². The van der Waals surface area contributed by atoms with E-state index in [1.165, 1.54) is 37.9 Å². The molecule has 2 aromatic rings. The number of hydrogen-bond acceptors (Lipinski definition) is 5. The fraction of sp³-hybridized carbons (Fsp3) is 0.536. The molecular formula is C28H32F6N2O5S. The first-order chi connectivity index (χ1) is 19.3. The molecule has 0 spiro atoms. The summed E-state index contributed by atoms with van der Waals surface area (Å²) in [7, 11) is -3.20. The predicted molar refractivity (Wildman–Crippen MR) is 142 cm³/mol. The molecule has 0 radical (unpaired) electrons. The molecule has 1 N–H and O–H groups in total. The van der Waals surface area contributed by atoms with Crippen LogP contribution in [-0.2, 0) is 21.0 Å². The van der Waals surface area contributed by atoms with Crippen molar-refractivity contribution in [1.82, 2.24) is 4.31 Å². The van der Waals surface area contributed by atoms with Crippen LogP contribution in [0.15, 0.2) is 41.3 Å². The number of nitrogens with zero attached hydrogens (tertiary/aromatic N) is 2. The zero-order valence-electron chi connectivity index (χ0n) is 23.2. The predicted octanol–water partition coefficient (Wildman–Crippen LogP) is 6.69. The first kappa shape index (κ1) is 31.9. The van der Waals surface area contributed by atoms with Gasteiger partial charge in [-0.25, -0.2) is 21.6 Å². The molecule has 0 bridgehead atoms. The molecular weight excluding hydrogens is 590 g/mol. The zero-order valence-corrected chi connectivity index (χ0v) is 24.0. The molecule has 0 unspecified atom stereocenters. The summed E-state index contributed by atoms with van der Waals surface area (Å²) in [4.78, 5) is 12.3. The van der Waals surface area contributed by atoms with Gasteiger partial charge in [-0.15, -0.1) is 0 Å². The molecule has 42 heavy (non-hydrogen) atoms. The molecule has 0 saturated heterocycles. The number of anilines is 2. The molecule has 7 nitrogen and oxygen atoms in total. The first-order valence-electron chi connectivity index (χ1n) is 13.3. The van der Waals surface area contributed by atoms with Crippen molar-refractivity contribution >= 4 is 27.4 Å². The Bertz CT molecular complexity index is 1420. The van der Waals surface area contributed by atoms with Crippen LogP contribution in [0.25, 0.3) is 0 Å². The number of halogens is 6. The topological polar surface area (TPSA) is 87.2 Å². The minimum absolute atomic E-state index is 0.134. The fourth-order valence-corrected chi connectivity index (χ4v) is 6.76. The van der Waals surface area contributed by atoms with Crippen LogP contribution in [-0.4, -0.2) is 56.0 Å². The Labute approximate surface area is 240 Å². The number of rotatable bonds is 7. The number of fused-ring (bicyclic) bond motifs is 1. The van der Waals surface area contributed by atoms with Gasteiger partial charge in [0.15, 0.2) is 0 Å². The van der Waals surface area contributed by atoms with Crippen LogP contribution in [0.3, 0.4) is 0 Å². The van der Waals surface area contributed by atoms with Gasteiger partial charge < -0.3 is 14.7 Å². The Hall–Kier alpha value is -3.00. The Morgan fingerprint density at radius 3 is 2.24 bits per heavy atom. The van der Waals surface area contributed by atoms with Crippen molar-refractivity contribution < 1.29 is 49.4 Å². The fourth-order valence-electron chi connectivity index (χ4n) is 5.21. The summed E-state index contributed by atoms with van der Waals surface area (Å²) in [5.41, 5.74) is -3.02. The standard InChI is InChI=1S/C28H32F6N2O5S/c1-26(2,25(37)38)16-41-23-14-24-22(13-21(23)28(32,33)34)36(19-6-4-18(29)5-7-19)15-20(35(3)42(24,39)40)12-17-8-10-27(30,31)11-9-17/h4-7,13-14,17,20H,8-12,15-16H2,1-3H3,(H,37,38)/t20-/m1/s1. The molecule has 232 valence electrons. The highest BCUT2D eigenvalue weighted by atomic mass is 32.2. The summed E-state index contributed by atoms with van der Waals surface area (Å²) in [5, 5.41) is 9.39. The van der Waals surface area contributed by atoms with E-state index >= 15 is 0 Å². The van der Waals surface area contributed by atoms with Crippen molar-refractivity contribution in [1.29, 1.82) is 0 Å². The smallest absolute Gasteiger partial charge is 0.420 e. The van der Waals surface area contributed by atoms with Crippen molar-refractivity contribution in [3.05, 3.63) is 47.8 Å². The number of aliphatic carboxylic acids is 1. The van der Waals surface area contributed by atoms with Crippen LogP contribution in [0.2, 0.25) is 0 Å². The molecule has 0 amide bonds. The van der Waals surface area contributed by atoms with Crippen molar-refractivity contribution in [3.63, 3.8) is 0 Å². The van der Waals surface area contributed by atoms with E-state index in [2.05, 4.69) is 0 Å². The highest BCUT2D eigenvalue weighted by molar-refractivity contribution is 7.89. The van der Waals surface area contributed by atoms with Crippen LogP contribution >= 0.6 is 0 Å². The third-order valence-corrected chi connectivity index (χ3v) is 9.91. The molecule has 4 rings (SSSR count). The van der Waals surface area contributed by atoms with E-state index in [4.69, 9.17) is 4.74 Å². The SMILES string of the molecule is CN1[C@H](CC2CCC(F)(F)CC2)CN(c2ccc(F)cc2)c2cc(C(F)(F)F)c(OCC(C)(C)C(=O)O)cc2S1(=O)=O. The molecule has 1 aliphatic carbocycles. The highest BCUT2D eigenvalue weighted by Gasteiger charge is 2.44. The van der Waals surface area contributed by atoms with E-state index in [9.17, 15) is 44.7 Å². The van der Waals surface area contributed by atoms with E-state index in [1.54, 1.807) is 0 Å². The molecule has 2 aromatic carbocycles. The number of likely N-dealkylation sites (N-methyl/N-ethyl adjacent to an activating group) is 1. The lowest BCUT2D eigenvalue weighted by atomic mass is 9.83. The molecule has 14 heteroatoms. The van der Waals surface area contributed by atoms with Gasteiger partial charge in [0.05, 0.1) is 16.7 Å². The third-order valence-electron chi connectivity index (χ3n) is 7.97. The van der Waals surface area contributed by atoms with Crippen molar-refractivity contribution in [2.75, 3.05) is 25.1 Å². The zero-order chi connectivity index (χ0) is 31.3. The van der Waals surface area contributed by atoms with Gasteiger partial charge in [-0.3, -0.25) is 4.79 Å². The second-order valence-corrected chi connectivity index (χ2v) is 13.6. The lowest BCUT2D eigenvalue weighted by molar-refractivity contribution is -0.148. The van der Waals surface area contributed by atoms with E-state index < -0.39 is 68.2 Å². The first-order valence-corrected chi connectivity index (χ1v) is 14.8. The molecule has 1 heterocycles. The molecule has 1 saturated carbocycles. The monoisotopic (exact) mass is 622 g/mol. The minimum Gasteiger partial charge on any atom is -0.492 e. The highest BCUT2D eigenvalue weighted by Crippen LogP contribution is 2.47. The van der Waals surface area contributed by atoms with Gasteiger partial charge in [-0.1, -0.05) is 0 Å². The largest absolute Gasteiger partial charge is 0.492 e. The Morgan fingerprint density at radius 2 is 1.69 bits per heavy atom. The number of hydrogen-bond donors (Lipinski definition) is 1. The molecule has 1 aliphatic heterocycles. The number of carboxylic acids is 1. The number of alkyl halides is 5. The van der Waals surface area contributed by atoms with Crippen LogP contribution in [0.1, 0.15) is 51.5 Å². The van der Waals surface area contributed by atoms with Gasteiger partial charge in [0.1, 0.15) is 23.1 Å². The second-order valence-electron chi connectivity index (χ2n) is 11.6. The summed E-state index contributed by atoms with van der Waals surface area (Å²) in [6.45, 7) is 1.68. The Morgan fingerprint density at radius 1 is 1.10 bits per heavy atom. The third kappa shape index (κ3) is 6.64. The maximum absolute atomic E-state index is 14.3. The quantitative estimate of drug-likeness (QED) is 0.347. The summed E-state index contributed by atoms with van der Waals surface area (Å²) >= 11 is 0. The average molecular weight is 623 g/mol. The van der Waals surface area contributed by atoms with Crippen LogP contribution in [0.4, 0.5) is 37.7 Å². The van der Waals surface area contributed by atoms with Gasteiger partial charge in [0, 0.05) is 44.2 Å². The molecule has 1 fully saturated rings. The maximum Gasteiger partial charge on any atom is 0.420 e. The molecule has 1 atom stereocenters. The average Bonchev–Trinajstić information content (AvgIpc) is 2.97. The number of benzene rings is 2. The Balaban J connectivity index is 1.85. The van der Waals surface area contributed by atoms with E-state index in [0.717, 1.165) is 22.5 Å². The summed E-state index contributed by atoms with van der Waals surface area (Å²) in [6, 6.07) is 5.34. The van der Waals surface area contributed by atoms with E-state index in [-0.39, 0.29) is 55.9 Å². The van der Waals surface area contributed by atoms with Crippen LogP contribution in [0.5, 0.6) is 5.75 Å². The van der Waals surface area contributed by atoms with E-state index in [0.29, 0.717) is 6.07 Å². The van der Waals surface area contributed by atoms with Crippen LogP contribution < -0.4 is 9.64 Å².